The molecule has 0 saturated carbocycles. The lowest BCUT2D eigenvalue weighted by Gasteiger charge is -2.11. The number of aryl methyl sites for hydroxylation is 2. The fraction of sp³-hybridized carbons (Fsp3) is 0.353. The monoisotopic (exact) mass is 361 g/mol. The van der Waals surface area contributed by atoms with E-state index in [1.807, 2.05) is 45.2 Å². The van der Waals surface area contributed by atoms with Crippen LogP contribution in [0.4, 0.5) is 5.69 Å². The quantitative estimate of drug-likeness (QED) is 0.679. The fourth-order valence-electron chi connectivity index (χ4n) is 2.29. The summed E-state index contributed by atoms with van der Waals surface area (Å²) in [6.45, 7) is 4.42. The second kappa shape index (κ2) is 8.48. The number of aromatic nitrogens is 2. The molecule has 0 spiro atoms. The van der Waals surface area contributed by atoms with Gasteiger partial charge in [-0.1, -0.05) is 12.1 Å². The third kappa shape index (κ3) is 5.18. The van der Waals surface area contributed by atoms with Crippen LogP contribution >= 0.6 is 12.2 Å². The minimum Gasteiger partial charge on any atom is -0.497 e. The molecule has 0 atom stereocenters. The van der Waals surface area contributed by atoms with Crippen molar-refractivity contribution in [3.63, 3.8) is 0 Å². The minimum absolute atomic E-state index is 0.0855. The van der Waals surface area contributed by atoms with Crippen molar-refractivity contribution in [2.24, 2.45) is 7.05 Å². The number of carbonyl (C=O) groups excluding carboxylic acids is 1. The first-order chi connectivity index (χ1) is 11.9. The van der Waals surface area contributed by atoms with Gasteiger partial charge in [-0.15, -0.1) is 0 Å². The Morgan fingerprint density at radius 2 is 1.92 bits per heavy atom. The Morgan fingerprint density at radius 1 is 1.24 bits per heavy atom. The van der Waals surface area contributed by atoms with Gasteiger partial charge in [-0.2, -0.15) is 5.10 Å². The number of carbonyl (C=O) groups is 1. The molecule has 2 rings (SSSR count). The van der Waals surface area contributed by atoms with Crippen LogP contribution in [0.2, 0.25) is 0 Å². The first-order valence-corrected chi connectivity index (χ1v) is 8.26. The molecule has 1 amide bonds. The second-order valence-electron chi connectivity index (χ2n) is 5.60. The number of anilines is 1. The van der Waals surface area contributed by atoms with Crippen molar-refractivity contribution >= 4 is 28.9 Å². The number of rotatable bonds is 6. The van der Waals surface area contributed by atoms with E-state index in [2.05, 4.69) is 21.0 Å². The summed E-state index contributed by atoms with van der Waals surface area (Å²) < 4.78 is 6.85. The highest BCUT2D eigenvalue weighted by molar-refractivity contribution is 7.80. The smallest absolute Gasteiger partial charge is 0.243 e. The van der Waals surface area contributed by atoms with Gasteiger partial charge >= 0.3 is 0 Å². The molecule has 2 aromatic rings. The van der Waals surface area contributed by atoms with Crippen LogP contribution in [0.15, 0.2) is 24.3 Å². The highest BCUT2D eigenvalue weighted by Gasteiger charge is 2.12. The molecule has 0 unspecified atom stereocenters. The number of benzene rings is 1. The summed E-state index contributed by atoms with van der Waals surface area (Å²) in [5.41, 5.74) is 3.50. The molecule has 25 heavy (non-hydrogen) atoms. The Bertz CT molecular complexity index is 755. The van der Waals surface area contributed by atoms with Gasteiger partial charge in [0.2, 0.25) is 5.91 Å². The van der Waals surface area contributed by atoms with Gasteiger partial charge in [-0.05, 0) is 43.8 Å². The first kappa shape index (κ1) is 18.7. The van der Waals surface area contributed by atoms with Gasteiger partial charge in [-0.3, -0.25) is 9.48 Å². The average molecular weight is 361 g/mol. The SMILES string of the molecule is COc1ccc(CNC(=S)NCC(=O)Nc2c(C)nn(C)c2C)cc1. The van der Waals surface area contributed by atoms with E-state index < -0.39 is 0 Å². The van der Waals surface area contributed by atoms with Gasteiger partial charge in [0.25, 0.3) is 0 Å². The molecule has 0 aliphatic rings. The van der Waals surface area contributed by atoms with E-state index in [0.717, 1.165) is 28.4 Å². The molecule has 0 bridgehead atoms. The molecule has 0 aliphatic heterocycles. The number of nitrogens with zero attached hydrogens (tertiary/aromatic N) is 2. The molecule has 7 nitrogen and oxygen atoms in total. The number of hydrogen-bond donors (Lipinski definition) is 3. The largest absolute Gasteiger partial charge is 0.497 e. The third-order valence-electron chi connectivity index (χ3n) is 3.80. The van der Waals surface area contributed by atoms with Crippen molar-refractivity contribution in [2.75, 3.05) is 19.0 Å². The number of ether oxygens (including phenoxy) is 1. The zero-order valence-corrected chi connectivity index (χ0v) is 15.7. The van der Waals surface area contributed by atoms with E-state index in [-0.39, 0.29) is 12.5 Å². The Kier molecular flexibility index (Phi) is 6.35. The van der Waals surface area contributed by atoms with Gasteiger partial charge in [0, 0.05) is 13.6 Å². The van der Waals surface area contributed by atoms with Crippen molar-refractivity contribution in [1.29, 1.82) is 0 Å². The molecule has 0 saturated heterocycles. The lowest BCUT2D eigenvalue weighted by molar-refractivity contribution is -0.115. The number of methoxy groups -OCH3 is 1. The van der Waals surface area contributed by atoms with Crippen LogP contribution in [-0.4, -0.2) is 34.5 Å². The first-order valence-electron chi connectivity index (χ1n) is 7.85. The maximum Gasteiger partial charge on any atom is 0.243 e. The molecule has 134 valence electrons. The van der Waals surface area contributed by atoms with Crippen molar-refractivity contribution in [1.82, 2.24) is 20.4 Å². The Morgan fingerprint density at radius 3 is 2.48 bits per heavy atom. The molecule has 8 heteroatoms. The summed E-state index contributed by atoms with van der Waals surface area (Å²) in [7, 11) is 3.47. The summed E-state index contributed by atoms with van der Waals surface area (Å²) in [4.78, 5) is 12.1. The third-order valence-corrected chi connectivity index (χ3v) is 4.08. The van der Waals surface area contributed by atoms with Crippen LogP contribution in [0.5, 0.6) is 5.75 Å². The normalized spacial score (nSPS) is 10.2. The van der Waals surface area contributed by atoms with Gasteiger partial charge in [-0.25, -0.2) is 0 Å². The van der Waals surface area contributed by atoms with E-state index >= 15 is 0 Å². The number of hydrogen-bond acceptors (Lipinski definition) is 4. The van der Waals surface area contributed by atoms with E-state index in [4.69, 9.17) is 17.0 Å². The lowest BCUT2D eigenvalue weighted by atomic mass is 10.2. The van der Waals surface area contributed by atoms with Crippen molar-refractivity contribution in [2.45, 2.75) is 20.4 Å². The molecule has 1 aromatic heterocycles. The highest BCUT2D eigenvalue weighted by atomic mass is 32.1. The topological polar surface area (TPSA) is 80.2 Å². The van der Waals surface area contributed by atoms with Crippen LogP contribution < -0.4 is 20.7 Å². The maximum absolute atomic E-state index is 12.1. The van der Waals surface area contributed by atoms with Crippen molar-refractivity contribution < 1.29 is 9.53 Å². The summed E-state index contributed by atoms with van der Waals surface area (Å²) in [6.07, 6.45) is 0. The predicted molar refractivity (Wildman–Crippen MR) is 102 cm³/mol. The Labute approximate surface area is 152 Å². The molecule has 3 N–H and O–H groups in total. The molecule has 0 radical (unpaired) electrons. The molecule has 1 heterocycles. The predicted octanol–water partition coefficient (Wildman–Crippen LogP) is 1.65. The van der Waals surface area contributed by atoms with Crippen molar-refractivity contribution in [3.8, 4) is 5.75 Å². The van der Waals surface area contributed by atoms with Crippen LogP contribution in [0, 0.1) is 13.8 Å². The molecule has 0 aliphatic carbocycles. The summed E-state index contributed by atoms with van der Waals surface area (Å²) >= 11 is 5.20. The van der Waals surface area contributed by atoms with Crippen LogP contribution in [-0.2, 0) is 18.4 Å². The Balaban J connectivity index is 1.76. The standard InChI is InChI=1S/C17H23N5O2S/c1-11-16(12(2)22(3)21-11)20-15(23)10-19-17(25)18-9-13-5-7-14(24-4)8-6-13/h5-8H,9-10H2,1-4H3,(H,20,23)(H2,18,19,25). The van der Waals surface area contributed by atoms with Gasteiger partial charge in [0.05, 0.1) is 30.7 Å². The molecular weight excluding hydrogens is 338 g/mol. The van der Waals surface area contributed by atoms with Crippen LogP contribution in [0.25, 0.3) is 0 Å². The second-order valence-corrected chi connectivity index (χ2v) is 6.01. The minimum atomic E-state index is -0.173. The molecular formula is C17H23N5O2S. The lowest BCUT2D eigenvalue weighted by Crippen LogP contribution is -2.39. The molecule has 0 fully saturated rings. The van der Waals surface area contributed by atoms with Crippen LogP contribution in [0.3, 0.4) is 0 Å². The average Bonchev–Trinajstić information content (AvgIpc) is 2.84. The van der Waals surface area contributed by atoms with Gasteiger partial charge < -0.3 is 20.7 Å². The summed E-state index contributed by atoms with van der Waals surface area (Å²) in [5, 5.41) is 13.5. The summed E-state index contributed by atoms with van der Waals surface area (Å²) in [6, 6.07) is 7.68. The molecule has 1 aromatic carbocycles. The van der Waals surface area contributed by atoms with E-state index in [1.54, 1.807) is 11.8 Å². The maximum atomic E-state index is 12.1. The van der Waals surface area contributed by atoms with Crippen LogP contribution in [0.1, 0.15) is 17.0 Å². The zero-order chi connectivity index (χ0) is 18.4. The fourth-order valence-corrected chi connectivity index (χ4v) is 2.43. The van der Waals surface area contributed by atoms with Crippen molar-refractivity contribution in [3.05, 3.63) is 41.2 Å². The number of amides is 1. The summed E-state index contributed by atoms with van der Waals surface area (Å²) in [5.74, 6) is 0.634. The highest BCUT2D eigenvalue weighted by Crippen LogP contribution is 2.17. The van der Waals surface area contributed by atoms with Gasteiger partial charge in [0.15, 0.2) is 5.11 Å². The number of thiocarbonyl (C=S) groups is 1. The Hall–Kier alpha value is -2.61. The number of nitrogens with one attached hydrogen (secondary N) is 3. The van der Waals surface area contributed by atoms with Gasteiger partial charge in [0.1, 0.15) is 5.75 Å². The van der Waals surface area contributed by atoms with E-state index in [9.17, 15) is 4.79 Å². The van der Waals surface area contributed by atoms with E-state index in [1.165, 1.54) is 0 Å². The zero-order valence-electron chi connectivity index (χ0n) is 14.8. The van der Waals surface area contributed by atoms with E-state index in [0.29, 0.717) is 11.7 Å².